The van der Waals surface area contributed by atoms with E-state index in [1.54, 1.807) is 0 Å². The number of aldehydes is 1. The Morgan fingerprint density at radius 2 is 2.03 bits per heavy atom. The topological polar surface area (TPSA) is 163 Å². The Labute approximate surface area is 177 Å². The van der Waals surface area contributed by atoms with E-state index in [-0.39, 0.29) is 24.8 Å². The Hall–Kier alpha value is -1.63. The number of amides is 3. The van der Waals surface area contributed by atoms with E-state index in [9.17, 15) is 27.7 Å². The number of rotatable bonds is 12. The predicted octanol–water partition coefficient (Wildman–Crippen LogP) is -0.780. The van der Waals surface area contributed by atoms with Crippen LogP contribution in [0.4, 0.5) is 4.79 Å². The molecule has 3 amide bonds. The maximum Gasteiger partial charge on any atom is 0.323 e. The molecule has 0 aromatic heterocycles. The van der Waals surface area contributed by atoms with Gasteiger partial charge in [-0.1, -0.05) is 0 Å². The predicted molar refractivity (Wildman–Crippen MR) is 110 cm³/mol. The number of carbonyl (C=O) groups excluding carboxylic acids is 3. The molecule has 0 aromatic rings. The fourth-order valence-electron chi connectivity index (χ4n) is 2.78. The Bertz CT molecular complexity index is 720. The van der Waals surface area contributed by atoms with Gasteiger partial charge in [-0.2, -0.15) is 4.49 Å². The van der Waals surface area contributed by atoms with Crippen molar-refractivity contribution in [3.63, 3.8) is 0 Å². The van der Waals surface area contributed by atoms with E-state index in [2.05, 4.69) is 15.1 Å². The first-order valence-electron chi connectivity index (χ1n) is 9.14. The summed E-state index contributed by atoms with van der Waals surface area (Å²) in [7, 11) is -2.46. The van der Waals surface area contributed by atoms with E-state index < -0.39 is 36.7 Å². The molecule has 14 heteroatoms. The number of ether oxygens (including phenoxy) is 2. The molecule has 12 nitrogen and oxygen atoms in total. The summed E-state index contributed by atoms with van der Waals surface area (Å²) < 4.78 is 36.0. The van der Waals surface area contributed by atoms with Crippen LogP contribution in [0.25, 0.3) is 0 Å². The quantitative estimate of drug-likeness (QED) is 0.165. The van der Waals surface area contributed by atoms with Crippen LogP contribution < -0.4 is 15.1 Å². The van der Waals surface area contributed by atoms with Crippen LogP contribution in [-0.4, -0.2) is 88.0 Å². The number of sulfonamides is 1. The number of likely N-dealkylation sites (N-methyl/N-ethyl adjacent to an activating group) is 1. The van der Waals surface area contributed by atoms with Crippen molar-refractivity contribution in [3.05, 3.63) is 12.3 Å². The molecule has 0 saturated carbocycles. The highest BCUT2D eigenvalue weighted by molar-refractivity contribution is 7.93. The molecule has 0 aliphatic carbocycles. The average Bonchev–Trinajstić information content (AvgIpc) is 3.07. The van der Waals surface area contributed by atoms with Crippen molar-refractivity contribution in [3.8, 4) is 0 Å². The van der Waals surface area contributed by atoms with Crippen molar-refractivity contribution in [2.24, 2.45) is 0 Å². The van der Waals surface area contributed by atoms with Gasteiger partial charge in [-0.25, -0.2) is 13.2 Å². The molecule has 0 bridgehead atoms. The smallest absolute Gasteiger partial charge is 0.323 e. The lowest BCUT2D eigenvalue weighted by molar-refractivity contribution is -0.130. The highest BCUT2D eigenvalue weighted by atomic mass is 32.2. The third kappa shape index (κ3) is 9.45. The minimum atomic E-state index is -3.49. The molecule has 30 heavy (non-hydrogen) atoms. The summed E-state index contributed by atoms with van der Waals surface area (Å²) in [6, 6.07) is -0.525. The van der Waals surface area contributed by atoms with Crippen molar-refractivity contribution in [1.29, 1.82) is 0 Å². The van der Waals surface area contributed by atoms with Gasteiger partial charge in [0.05, 0.1) is 12.4 Å². The van der Waals surface area contributed by atoms with Crippen LogP contribution in [0.3, 0.4) is 0 Å². The van der Waals surface area contributed by atoms with Crippen molar-refractivity contribution in [1.82, 2.24) is 20.0 Å². The van der Waals surface area contributed by atoms with E-state index in [0.717, 1.165) is 12.3 Å². The summed E-state index contributed by atoms with van der Waals surface area (Å²) in [5, 5.41) is 4.89. The lowest BCUT2D eigenvalue weighted by atomic mass is 10.1. The summed E-state index contributed by atoms with van der Waals surface area (Å²) in [4.78, 5) is 45.4. The van der Waals surface area contributed by atoms with E-state index in [1.165, 1.54) is 25.2 Å². The molecule has 4 atom stereocenters. The number of hydrogen-bond acceptors (Lipinski definition) is 8. The monoisotopic (exact) mass is 468 g/mol. The second-order valence-electron chi connectivity index (χ2n) is 6.48. The zero-order valence-electron chi connectivity index (χ0n) is 17.1. The zero-order valence-corrected chi connectivity index (χ0v) is 18.8. The highest BCUT2D eigenvalue weighted by Crippen LogP contribution is 2.32. The van der Waals surface area contributed by atoms with Gasteiger partial charge in [-0.05, 0) is 18.9 Å². The van der Waals surface area contributed by atoms with E-state index >= 15 is 0 Å². The first kappa shape index (κ1) is 26.4. The number of urea groups is 1. The number of carbonyl (C=O) groups is 3. The van der Waals surface area contributed by atoms with Gasteiger partial charge in [0.2, 0.25) is 15.9 Å². The van der Waals surface area contributed by atoms with E-state index in [0.29, 0.717) is 25.5 Å². The minimum Gasteiger partial charge on any atom is -0.364 e. The SMILES string of the molecule is CNC(=O)CO[C@@H]1CC(CCCP(O)NS(C)(=O)=O)OC1N(/C=C\C=O)C(=O)NC. The van der Waals surface area contributed by atoms with Crippen LogP contribution in [0.2, 0.25) is 0 Å². The van der Waals surface area contributed by atoms with Gasteiger partial charge >= 0.3 is 6.03 Å². The van der Waals surface area contributed by atoms with Crippen molar-refractivity contribution >= 4 is 36.5 Å². The molecule has 1 saturated heterocycles. The molecular weight excluding hydrogens is 439 g/mol. The Morgan fingerprint density at radius 1 is 1.33 bits per heavy atom. The third-order valence-corrected chi connectivity index (χ3v) is 6.98. The fourth-order valence-corrected chi connectivity index (χ4v) is 5.16. The van der Waals surface area contributed by atoms with E-state index in [1.807, 2.05) is 0 Å². The van der Waals surface area contributed by atoms with Crippen LogP contribution in [0.1, 0.15) is 19.3 Å². The maximum atomic E-state index is 12.2. The number of nitrogens with one attached hydrogen (secondary N) is 3. The average molecular weight is 468 g/mol. The molecule has 1 fully saturated rings. The molecule has 1 rings (SSSR count). The van der Waals surface area contributed by atoms with Crippen molar-refractivity contribution in [2.75, 3.05) is 33.1 Å². The van der Waals surface area contributed by atoms with Gasteiger partial charge in [-0.3, -0.25) is 14.5 Å². The van der Waals surface area contributed by atoms with Gasteiger partial charge < -0.3 is 25.0 Å². The van der Waals surface area contributed by atoms with Gasteiger partial charge in [0, 0.05) is 32.9 Å². The molecule has 1 heterocycles. The summed E-state index contributed by atoms with van der Waals surface area (Å²) in [6.07, 6.45) is 3.56. The first-order chi connectivity index (χ1) is 14.1. The Balaban J connectivity index is 2.80. The molecule has 3 unspecified atom stereocenters. The fraction of sp³-hybridized carbons (Fsp3) is 0.688. The Morgan fingerprint density at radius 3 is 2.60 bits per heavy atom. The molecule has 172 valence electrons. The van der Waals surface area contributed by atoms with Crippen LogP contribution in [0.15, 0.2) is 12.3 Å². The molecule has 4 N–H and O–H groups in total. The highest BCUT2D eigenvalue weighted by Gasteiger charge is 2.41. The summed E-state index contributed by atoms with van der Waals surface area (Å²) in [6.45, 7) is -0.229. The molecular formula is C16H29N4O8PS. The van der Waals surface area contributed by atoms with Gasteiger partial charge in [0.25, 0.3) is 0 Å². The number of allylic oxidation sites excluding steroid dienone is 1. The summed E-state index contributed by atoms with van der Waals surface area (Å²) in [5.41, 5.74) is 0. The molecule has 1 aliphatic heterocycles. The summed E-state index contributed by atoms with van der Waals surface area (Å²) >= 11 is 0. The van der Waals surface area contributed by atoms with Crippen molar-refractivity contribution < 1.29 is 37.2 Å². The maximum absolute atomic E-state index is 12.2. The molecule has 0 spiro atoms. The van der Waals surface area contributed by atoms with Crippen LogP contribution in [0, 0.1) is 0 Å². The lowest BCUT2D eigenvalue weighted by Gasteiger charge is -2.28. The largest absolute Gasteiger partial charge is 0.364 e. The molecule has 0 aromatic carbocycles. The normalized spacial score (nSPS) is 22.6. The number of nitrogens with zero attached hydrogens (tertiary/aromatic N) is 1. The zero-order chi connectivity index (χ0) is 22.7. The second kappa shape index (κ2) is 12.9. The molecule has 0 radical (unpaired) electrons. The van der Waals surface area contributed by atoms with Crippen molar-refractivity contribution in [2.45, 2.75) is 37.7 Å². The second-order valence-corrected chi connectivity index (χ2v) is 10.00. The van der Waals surface area contributed by atoms with Crippen LogP contribution >= 0.6 is 8.30 Å². The summed E-state index contributed by atoms with van der Waals surface area (Å²) in [5.74, 6) is -0.343. The minimum absolute atomic E-state index is 0.229. The third-order valence-electron chi connectivity index (χ3n) is 4.07. The number of hydrogen-bond donors (Lipinski definition) is 4. The lowest BCUT2D eigenvalue weighted by Crippen LogP contribution is -2.47. The first-order valence-corrected chi connectivity index (χ1v) is 12.5. The van der Waals surface area contributed by atoms with Gasteiger partial charge in [0.1, 0.15) is 27.3 Å². The van der Waals surface area contributed by atoms with Crippen LogP contribution in [-0.2, 0) is 29.1 Å². The Kier molecular flexibility index (Phi) is 11.4. The van der Waals surface area contributed by atoms with Crippen LogP contribution in [0.5, 0.6) is 0 Å². The van der Waals surface area contributed by atoms with Gasteiger partial charge in [0.15, 0.2) is 6.23 Å². The van der Waals surface area contributed by atoms with Gasteiger partial charge in [-0.15, -0.1) is 0 Å². The van der Waals surface area contributed by atoms with E-state index in [4.69, 9.17) is 9.47 Å². The standard InChI is InChI=1S/C16H29N4O8PS/c1-17-14(22)11-27-13-10-12(6-4-9-29(24)19-30(3,25)26)28-15(13)20(7-5-8-21)16(23)18-2/h5,7-8,12-13,15,19,24H,4,6,9-11H2,1-3H3,(H,17,22)(H,18,23)/b7-5-/t12?,13-,15?,29?/m1/s1. The molecule has 1 aliphatic rings.